The summed E-state index contributed by atoms with van der Waals surface area (Å²) in [5.41, 5.74) is 20.2. The topological polar surface area (TPSA) is 667 Å². The molecule has 4 aliphatic heterocycles. The number of likely N-dealkylation sites (N-methyl/N-ethyl adjacent to an activating group) is 1. The van der Waals surface area contributed by atoms with Crippen molar-refractivity contribution in [3.63, 3.8) is 0 Å². The Morgan fingerprint density at radius 2 is 1.14 bits per heavy atom. The quantitative estimate of drug-likeness (QED) is 0.0165. The van der Waals surface area contributed by atoms with Crippen LogP contribution in [0.3, 0.4) is 0 Å². The lowest BCUT2D eigenvalue weighted by molar-refractivity contribution is -0.147. The normalized spacial score (nSPS) is 25.4. The number of aromatic nitrogens is 4. The van der Waals surface area contributed by atoms with E-state index >= 15 is 62.3 Å². The molecule has 44 heteroatoms. The molecular weight excluding hydrogens is 1820 g/mol. The van der Waals surface area contributed by atoms with Gasteiger partial charge in [0.15, 0.2) is 17.5 Å². The van der Waals surface area contributed by atoms with Crippen molar-refractivity contribution in [3.05, 3.63) is 120 Å². The number of primary amides is 1. The van der Waals surface area contributed by atoms with Gasteiger partial charge in [-0.05, 0) is 125 Å². The molecule has 10 rings (SSSR count). The fourth-order valence-electron chi connectivity index (χ4n) is 18.3. The Labute approximate surface area is 808 Å². The number of aliphatic hydroxyl groups excluding tert-OH is 2. The van der Waals surface area contributed by atoms with Crippen LogP contribution in [0.25, 0.3) is 21.8 Å². The van der Waals surface area contributed by atoms with Crippen molar-refractivity contribution in [1.29, 1.82) is 5.41 Å². The number of carbonyl (C=O) groups excluding carboxylic acids is 16. The van der Waals surface area contributed by atoms with E-state index in [1.807, 2.05) is 13.8 Å². The number of nitrogens with one attached hydrogen (secondary N) is 14. The molecule has 14 amide bonds. The number of para-hydroxylation sites is 2. The molecule has 0 spiro atoms. The van der Waals surface area contributed by atoms with Gasteiger partial charge in [0.05, 0.1) is 55.0 Å². The van der Waals surface area contributed by atoms with Crippen LogP contribution in [0.2, 0.25) is 0 Å². The maximum atomic E-state index is 15.9. The van der Waals surface area contributed by atoms with Crippen LogP contribution in [-0.2, 0) is 107 Å². The van der Waals surface area contributed by atoms with Crippen LogP contribution in [0.4, 0.5) is 0 Å². The number of nitrogens with two attached hydrogens (primary N) is 3. The molecule has 754 valence electrons. The fourth-order valence-corrected chi connectivity index (χ4v) is 19.2. The van der Waals surface area contributed by atoms with Crippen molar-refractivity contribution in [2.75, 3.05) is 64.4 Å². The number of imidazole rings is 1. The number of benzene rings is 3. The second-order valence-corrected chi connectivity index (χ2v) is 37.1. The lowest BCUT2D eigenvalue weighted by Gasteiger charge is -2.38. The number of amides is 14. The van der Waals surface area contributed by atoms with E-state index in [9.17, 15) is 39.6 Å². The van der Waals surface area contributed by atoms with Crippen LogP contribution in [0.1, 0.15) is 165 Å². The lowest BCUT2D eigenvalue weighted by atomic mass is 9.81. The minimum Gasteiger partial charge on any atom is -0.508 e. The molecular formula is C95H132N22O21S. The number of H-pyrrole nitrogens is 3. The number of hydrogen-bond acceptors (Lipinski definition) is 24. The first kappa shape index (κ1) is 108. The van der Waals surface area contributed by atoms with Gasteiger partial charge in [0.1, 0.15) is 66.2 Å². The summed E-state index contributed by atoms with van der Waals surface area (Å²) < 4.78 is 0. The molecule has 7 heterocycles. The number of carbonyl (C=O) groups is 17. The Morgan fingerprint density at radius 1 is 0.576 bits per heavy atom. The number of phenolic OH excluding ortho intramolecular Hbond substituents is 1. The summed E-state index contributed by atoms with van der Waals surface area (Å²) >= 11 is 0.783. The highest BCUT2D eigenvalue weighted by atomic mass is 32.2. The molecule has 0 radical (unpaired) electrons. The average molecular weight is 1950 g/mol. The Balaban J connectivity index is 1.03. The average Bonchev–Trinajstić information content (AvgIpc) is 1.73. The molecule has 0 saturated carbocycles. The second-order valence-electron chi connectivity index (χ2n) is 36.1. The molecule has 43 nitrogen and oxygen atoms in total. The number of carboxylic acid groups (broad SMARTS) is 1. The molecule has 0 bridgehead atoms. The van der Waals surface area contributed by atoms with Crippen molar-refractivity contribution in [3.8, 4) is 5.75 Å². The van der Waals surface area contributed by atoms with E-state index in [0.29, 0.717) is 77.0 Å². The first-order valence-electron chi connectivity index (χ1n) is 47.5. The molecule has 1 unspecified atom stereocenters. The standard InChI is InChI=1S/C95H132N22O21S/c1-5-7-18-61-53(3)82(126)70(40-56-45-103-65-22-12-10-20-63(56)65)111-83(127)57(49-118)41-78(121)69(39-55-44-102-64-21-11-9-19-62(55)64)110-90(134)77-43-60(120)48-117(77)93(137)67(23-15-34-96)108-86(130)71(42-58-46-100-52-105-58)112-89(133)76-27-17-37-116(76)92(136)68(32-33-81(124)125)109-88(132)75-26-13-14-36-115(75)94(138)72(38-54-28-30-59(119)31-29-54)106-80(123)51-139-50-73(84(128)104-47-79(97)122)113-85(129)66(24-16-35-101-95(98)99)107-87(131)74(25-8-6-2)114(4)91(61)135/h9-12,19-22,28-31,44-46,52-53,57,60-61,66-77,102-103,118-120H,5-8,13-18,23-27,32-43,47-51,96H2,1-4H3,(H2,97,122)(H,100,105)(H,104,128)(H,106,123)(H,107,131)(H,108,130)(H,109,132)(H,110,134)(H,111,127)(H,112,133)(H,113,129)(H,124,125)(H4,98,99,101)/t53?,57-,60+,61+,66-,67-,68-,69-,70-,71-,72-,73-,74-,75-,76-,77-/m0/s1. The highest BCUT2D eigenvalue weighted by molar-refractivity contribution is 8.00. The van der Waals surface area contributed by atoms with E-state index < -0.39 is 253 Å². The van der Waals surface area contributed by atoms with Crippen molar-refractivity contribution in [2.45, 2.75) is 247 Å². The minimum atomic E-state index is -1.66. The first-order chi connectivity index (χ1) is 66.6. The first-order valence-corrected chi connectivity index (χ1v) is 48.7. The maximum absolute atomic E-state index is 15.9. The number of phenols is 1. The van der Waals surface area contributed by atoms with Gasteiger partial charge >= 0.3 is 5.97 Å². The SMILES string of the molecule is CCCC[C@H]1C(=O)N(C)[C@@H](CCCC)C(=O)N[C@@H](CCCNC(=N)N)C(=O)N[C@H](C(=O)NCC(N)=O)CSCC(=O)N[C@@H](Cc2ccc(O)cc2)C(=O)N2CCCC[C@H]2C(=O)N[C@@H](CCC(=O)O)C(=O)N2CCC[C@H]2C(=O)N[C@@H](Cc2c[nH]cn2)C(=O)N[C@@H](CCCN)C(=O)N2C[C@H](O)C[C@H]2C(=O)N[C@@H](Cc2c[nH]c3ccccc23)C(=O)C[C@@H](CO)C(=O)N[C@@H](Cc2c[nH]c3ccccc23)C(=O)C1C. The predicted molar refractivity (Wildman–Crippen MR) is 511 cm³/mol. The smallest absolute Gasteiger partial charge is 0.303 e. The third kappa shape index (κ3) is 30.1. The van der Waals surface area contributed by atoms with Crippen molar-refractivity contribution < 1.29 is 102 Å². The number of Topliss-reactive ketones (excluding diaryl/α,β-unsaturated/α-hetero) is 2. The predicted octanol–water partition coefficient (Wildman–Crippen LogP) is -0.627. The maximum Gasteiger partial charge on any atom is 0.303 e. The summed E-state index contributed by atoms with van der Waals surface area (Å²) in [7, 11) is 1.38. The number of ketones is 2. The van der Waals surface area contributed by atoms with Crippen LogP contribution in [0, 0.1) is 23.2 Å². The van der Waals surface area contributed by atoms with E-state index in [-0.39, 0.29) is 128 Å². The van der Waals surface area contributed by atoms with Crippen molar-refractivity contribution >= 4 is 140 Å². The van der Waals surface area contributed by atoms with Gasteiger partial charge in [0, 0.05) is 136 Å². The molecule has 139 heavy (non-hydrogen) atoms. The lowest BCUT2D eigenvalue weighted by Crippen LogP contribution is -2.61. The third-order valence-corrected chi connectivity index (χ3v) is 27.0. The molecule has 4 aliphatic rings. The molecule has 24 N–H and O–H groups in total. The molecule has 3 aromatic carbocycles. The monoisotopic (exact) mass is 1950 g/mol. The van der Waals surface area contributed by atoms with Crippen LogP contribution >= 0.6 is 11.8 Å². The van der Waals surface area contributed by atoms with E-state index in [4.69, 9.17) is 22.6 Å². The van der Waals surface area contributed by atoms with Crippen molar-refractivity contribution in [1.82, 2.24) is 92.7 Å². The highest BCUT2D eigenvalue weighted by Gasteiger charge is 2.48. The summed E-state index contributed by atoms with van der Waals surface area (Å²) in [6.45, 7) is 2.84. The Kier molecular flexibility index (Phi) is 40.6. The van der Waals surface area contributed by atoms with Crippen molar-refractivity contribution in [2.24, 2.45) is 35.0 Å². The number of rotatable bonds is 28. The summed E-state index contributed by atoms with van der Waals surface area (Å²) in [6, 6.07) is 1.78. The number of guanidine groups is 1. The molecule has 4 fully saturated rings. The van der Waals surface area contributed by atoms with Gasteiger partial charge in [0.25, 0.3) is 0 Å². The Bertz CT molecular complexity index is 5330. The summed E-state index contributed by atoms with van der Waals surface area (Å²) in [5, 5.41) is 79.4. The summed E-state index contributed by atoms with van der Waals surface area (Å²) in [4.78, 5) is 271. The molecule has 0 aliphatic carbocycles. The summed E-state index contributed by atoms with van der Waals surface area (Å²) in [6.07, 6.45) is 3.71. The minimum absolute atomic E-state index is 0.000392. The molecule has 16 atom stereocenters. The molecule has 6 aromatic rings. The fraction of sp³-hybridized carbons (Fsp3) is 0.547. The number of piperidine rings is 1. The number of fused-ring (bicyclic) bond motifs is 5. The van der Waals surface area contributed by atoms with Crippen LogP contribution < -0.4 is 70.4 Å². The number of hydrogen-bond donors (Lipinski definition) is 21. The number of aliphatic hydroxyl groups is 2. The Hall–Kier alpha value is -13.4. The van der Waals surface area contributed by atoms with Crippen LogP contribution in [0.15, 0.2) is 97.7 Å². The van der Waals surface area contributed by atoms with E-state index in [0.717, 1.165) is 21.6 Å². The largest absolute Gasteiger partial charge is 0.508 e. The number of unbranched alkanes of at least 4 members (excludes halogenated alkanes) is 2. The van der Waals surface area contributed by atoms with E-state index in [1.54, 1.807) is 60.9 Å². The van der Waals surface area contributed by atoms with Gasteiger partial charge in [-0.15, -0.1) is 11.8 Å². The molecule has 3 aromatic heterocycles. The Morgan fingerprint density at radius 3 is 1.77 bits per heavy atom. The number of thioether (sulfide) groups is 1. The number of nitrogens with zero attached hydrogens (tertiary/aromatic N) is 5. The van der Waals surface area contributed by atoms with Gasteiger partial charge in [-0.25, -0.2) is 4.98 Å². The number of aromatic hydroxyl groups is 1. The number of aromatic amines is 3. The highest BCUT2D eigenvalue weighted by Crippen LogP contribution is 2.32. The second kappa shape index (κ2) is 52.4. The van der Waals surface area contributed by atoms with Gasteiger partial charge < -0.3 is 125 Å². The molecule has 4 saturated heterocycles. The van der Waals surface area contributed by atoms with Gasteiger partial charge in [-0.2, -0.15) is 0 Å². The zero-order valence-corrected chi connectivity index (χ0v) is 79.5. The number of carboxylic acids is 1. The van der Waals surface area contributed by atoms with Gasteiger partial charge in [0.2, 0.25) is 82.7 Å². The van der Waals surface area contributed by atoms with Crippen LogP contribution in [-0.4, -0.2) is 309 Å². The summed E-state index contributed by atoms with van der Waals surface area (Å²) in [5.74, 6) is -21.0. The zero-order chi connectivity index (χ0) is 101. The van der Waals surface area contributed by atoms with Crippen LogP contribution in [0.5, 0.6) is 5.75 Å². The van der Waals surface area contributed by atoms with Gasteiger partial charge in [-0.3, -0.25) is 86.9 Å². The zero-order valence-electron chi connectivity index (χ0n) is 78.7. The number of aliphatic carboxylic acids is 1. The van der Waals surface area contributed by atoms with E-state index in [2.05, 4.69) is 73.1 Å². The third-order valence-electron chi connectivity index (χ3n) is 26.0. The van der Waals surface area contributed by atoms with Gasteiger partial charge in [-0.1, -0.05) is 95.0 Å². The van der Waals surface area contributed by atoms with E-state index in [1.165, 1.54) is 60.6 Å².